The highest BCUT2D eigenvalue weighted by Gasteiger charge is 2.47. The zero-order valence-corrected chi connectivity index (χ0v) is 17.9. The van der Waals surface area contributed by atoms with Crippen LogP contribution in [0.3, 0.4) is 0 Å². The van der Waals surface area contributed by atoms with Gasteiger partial charge in [0.1, 0.15) is 17.7 Å². The van der Waals surface area contributed by atoms with Crippen molar-refractivity contribution in [1.82, 2.24) is 20.6 Å². The van der Waals surface area contributed by atoms with E-state index in [4.69, 9.17) is 4.74 Å². The normalized spacial score (nSPS) is 29.4. The summed E-state index contributed by atoms with van der Waals surface area (Å²) in [5.74, 6) is 1.76. The summed E-state index contributed by atoms with van der Waals surface area (Å²) >= 11 is 0. The summed E-state index contributed by atoms with van der Waals surface area (Å²) in [7, 11) is 0. The van der Waals surface area contributed by atoms with Gasteiger partial charge in [0.15, 0.2) is 0 Å². The Morgan fingerprint density at radius 1 is 1.43 bits per heavy atom. The molecule has 0 spiro atoms. The molecule has 8 nitrogen and oxygen atoms in total. The number of aromatic amines is 1. The third kappa shape index (κ3) is 5.46. The van der Waals surface area contributed by atoms with Crippen LogP contribution in [-0.2, 0) is 11.2 Å². The van der Waals surface area contributed by atoms with Crippen molar-refractivity contribution in [3.05, 3.63) is 29.3 Å². The first-order chi connectivity index (χ1) is 14.5. The molecular weight excluding hydrogens is 382 g/mol. The lowest BCUT2D eigenvalue weighted by Crippen LogP contribution is -2.20. The maximum absolute atomic E-state index is 10.5. The number of aliphatic hydroxyl groups is 2. The number of rotatable bonds is 10. The van der Waals surface area contributed by atoms with Crippen LogP contribution in [0.5, 0.6) is 0 Å². The third-order valence-electron chi connectivity index (χ3n) is 6.43. The van der Waals surface area contributed by atoms with E-state index in [-0.39, 0.29) is 23.9 Å². The second-order valence-electron chi connectivity index (χ2n) is 8.61. The Labute approximate surface area is 178 Å². The summed E-state index contributed by atoms with van der Waals surface area (Å²) in [6, 6.07) is 2.30. The predicted octanol–water partition coefficient (Wildman–Crippen LogP) is 2.83. The first-order valence-corrected chi connectivity index (χ1v) is 11.1. The smallest absolute Gasteiger partial charge is 0.148 e. The van der Waals surface area contributed by atoms with E-state index in [1.165, 1.54) is 0 Å². The maximum Gasteiger partial charge on any atom is 0.148 e. The topological polar surface area (TPSA) is 128 Å². The number of nitriles is 1. The van der Waals surface area contributed by atoms with E-state index in [1.54, 1.807) is 0 Å². The van der Waals surface area contributed by atoms with E-state index in [2.05, 4.69) is 40.5 Å². The number of fused-ring (bicyclic) bond motifs is 1. The lowest BCUT2D eigenvalue weighted by Gasteiger charge is -2.18. The average Bonchev–Trinajstić information content (AvgIpc) is 3.45. The van der Waals surface area contributed by atoms with Crippen LogP contribution in [0.15, 0.2) is 23.5 Å². The zero-order valence-electron chi connectivity index (χ0n) is 17.9. The minimum absolute atomic E-state index is 0.0549. The number of hydrogen-bond donors (Lipinski definition) is 3. The molecular formula is C22H33N5O3. The van der Waals surface area contributed by atoms with E-state index in [0.717, 1.165) is 31.4 Å². The van der Waals surface area contributed by atoms with Gasteiger partial charge in [-0.3, -0.25) is 0 Å². The first kappa shape index (κ1) is 22.4. The Morgan fingerprint density at radius 3 is 2.97 bits per heavy atom. The number of allylic oxidation sites excluding steroid dienone is 2. The molecule has 30 heavy (non-hydrogen) atoms. The molecule has 3 rings (SSSR count). The number of unbranched alkanes of at least 4 members (excludes halogenated alkanes) is 1. The Bertz CT molecular complexity index is 770. The molecule has 0 radical (unpaired) electrons. The Kier molecular flexibility index (Phi) is 8.00. The molecule has 1 saturated carbocycles. The number of tetrazole rings is 1. The van der Waals surface area contributed by atoms with Crippen molar-refractivity contribution in [3.8, 4) is 6.07 Å². The van der Waals surface area contributed by atoms with Crippen LogP contribution in [0.1, 0.15) is 64.6 Å². The molecule has 2 aliphatic rings. The SMILES string of the molecule is CCCCC(C)C(O)/C=C/C1C(O)CC2O/C(=C(/C#N)CCCc3nnn[nH]3)CC21. The van der Waals surface area contributed by atoms with Gasteiger partial charge in [0, 0.05) is 31.1 Å². The van der Waals surface area contributed by atoms with Gasteiger partial charge in [-0.25, -0.2) is 5.10 Å². The summed E-state index contributed by atoms with van der Waals surface area (Å²) in [5, 5.41) is 44.2. The van der Waals surface area contributed by atoms with Crippen molar-refractivity contribution in [2.45, 2.75) is 83.5 Å². The lowest BCUT2D eigenvalue weighted by atomic mass is 9.89. The van der Waals surface area contributed by atoms with Gasteiger partial charge in [-0.05, 0) is 35.6 Å². The van der Waals surface area contributed by atoms with Crippen LogP contribution < -0.4 is 0 Å². The molecule has 0 amide bonds. The Balaban J connectivity index is 1.59. The highest BCUT2D eigenvalue weighted by Crippen LogP contribution is 2.46. The van der Waals surface area contributed by atoms with Gasteiger partial charge < -0.3 is 14.9 Å². The fourth-order valence-electron chi connectivity index (χ4n) is 4.52. The molecule has 1 saturated heterocycles. The van der Waals surface area contributed by atoms with Gasteiger partial charge in [0.2, 0.25) is 0 Å². The van der Waals surface area contributed by atoms with Crippen LogP contribution in [0.2, 0.25) is 0 Å². The van der Waals surface area contributed by atoms with Crippen LogP contribution in [-0.4, -0.2) is 49.1 Å². The van der Waals surface area contributed by atoms with Gasteiger partial charge in [0.25, 0.3) is 0 Å². The van der Waals surface area contributed by atoms with E-state index >= 15 is 0 Å². The quantitative estimate of drug-likeness (QED) is 0.396. The van der Waals surface area contributed by atoms with Crippen molar-refractivity contribution < 1.29 is 14.9 Å². The van der Waals surface area contributed by atoms with E-state index < -0.39 is 12.2 Å². The summed E-state index contributed by atoms with van der Waals surface area (Å²) in [4.78, 5) is 0. The van der Waals surface area contributed by atoms with Gasteiger partial charge in [0.05, 0.1) is 23.9 Å². The fraction of sp³-hybridized carbons (Fsp3) is 0.727. The largest absolute Gasteiger partial charge is 0.493 e. The monoisotopic (exact) mass is 415 g/mol. The van der Waals surface area contributed by atoms with Crippen molar-refractivity contribution >= 4 is 0 Å². The first-order valence-electron chi connectivity index (χ1n) is 11.1. The van der Waals surface area contributed by atoms with Crippen molar-refractivity contribution in [3.63, 3.8) is 0 Å². The molecule has 0 bridgehead atoms. The van der Waals surface area contributed by atoms with Crippen molar-refractivity contribution in [1.29, 1.82) is 5.26 Å². The van der Waals surface area contributed by atoms with Gasteiger partial charge in [-0.15, -0.1) is 5.10 Å². The maximum atomic E-state index is 10.5. The van der Waals surface area contributed by atoms with E-state index in [1.807, 2.05) is 12.2 Å². The highest BCUT2D eigenvalue weighted by atomic mass is 16.5. The molecule has 1 aliphatic heterocycles. The number of aromatic nitrogens is 4. The summed E-state index contributed by atoms with van der Waals surface area (Å²) in [5.41, 5.74) is 0.669. The summed E-state index contributed by atoms with van der Waals surface area (Å²) in [6.07, 6.45) is 9.26. The molecule has 2 fully saturated rings. The Hall–Kier alpha value is -2.24. The fourth-order valence-corrected chi connectivity index (χ4v) is 4.52. The number of H-pyrrole nitrogens is 1. The number of aliphatic hydroxyl groups excluding tert-OH is 2. The van der Waals surface area contributed by atoms with Crippen LogP contribution in [0.25, 0.3) is 0 Å². The van der Waals surface area contributed by atoms with Gasteiger partial charge in [-0.1, -0.05) is 38.8 Å². The predicted molar refractivity (Wildman–Crippen MR) is 111 cm³/mol. The van der Waals surface area contributed by atoms with E-state index in [0.29, 0.717) is 37.1 Å². The van der Waals surface area contributed by atoms with Crippen molar-refractivity contribution in [2.24, 2.45) is 17.8 Å². The third-order valence-corrected chi connectivity index (χ3v) is 6.43. The molecule has 1 aliphatic carbocycles. The molecule has 6 atom stereocenters. The van der Waals surface area contributed by atoms with Crippen LogP contribution >= 0.6 is 0 Å². The number of hydrogen-bond acceptors (Lipinski definition) is 7. The minimum Gasteiger partial charge on any atom is -0.493 e. The van der Waals surface area contributed by atoms with Gasteiger partial charge >= 0.3 is 0 Å². The van der Waals surface area contributed by atoms with Gasteiger partial charge in [-0.2, -0.15) is 5.26 Å². The van der Waals surface area contributed by atoms with Crippen LogP contribution in [0, 0.1) is 29.1 Å². The minimum atomic E-state index is -0.500. The molecule has 164 valence electrons. The molecule has 6 unspecified atom stereocenters. The lowest BCUT2D eigenvalue weighted by molar-refractivity contribution is 0.110. The standard InChI is InChI=1S/C22H33N5O3/c1-3-4-6-14(2)18(28)10-9-16-17-11-20(30-21(17)12-19(16)29)15(13-23)7-5-8-22-24-26-27-25-22/h9-10,14,16-19,21,28-29H,3-8,11-12H2,1-2H3,(H,24,25,26,27)/b10-9+,20-15+. The molecule has 0 aromatic carbocycles. The van der Waals surface area contributed by atoms with E-state index in [9.17, 15) is 15.5 Å². The number of aryl methyl sites for hydroxylation is 1. The number of ether oxygens (including phenoxy) is 1. The molecule has 1 aromatic rings. The molecule has 2 heterocycles. The molecule has 3 N–H and O–H groups in total. The summed E-state index contributed by atoms with van der Waals surface area (Å²) < 4.78 is 6.09. The second-order valence-corrected chi connectivity index (χ2v) is 8.61. The number of nitrogens with one attached hydrogen (secondary N) is 1. The average molecular weight is 416 g/mol. The Morgan fingerprint density at radius 2 is 2.27 bits per heavy atom. The molecule has 8 heteroatoms. The zero-order chi connectivity index (χ0) is 21.5. The number of nitrogens with zero attached hydrogens (tertiary/aromatic N) is 4. The van der Waals surface area contributed by atoms with Crippen LogP contribution in [0.4, 0.5) is 0 Å². The summed E-state index contributed by atoms with van der Waals surface area (Å²) in [6.45, 7) is 4.21. The highest BCUT2D eigenvalue weighted by molar-refractivity contribution is 5.28. The second kappa shape index (κ2) is 10.7. The van der Waals surface area contributed by atoms with Crippen molar-refractivity contribution in [2.75, 3.05) is 0 Å². The molecule has 1 aromatic heterocycles.